The minimum Gasteiger partial charge on any atom is -0.378 e. The quantitative estimate of drug-likeness (QED) is 0.352. The van der Waals surface area contributed by atoms with Gasteiger partial charge in [-0.1, -0.05) is 36.4 Å². The number of nitrogens with zero attached hydrogens (tertiary/aromatic N) is 6. The highest BCUT2D eigenvalue weighted by Crippen LogP contribution is 2.30. The molecule has 1 saturated heterocycles. The predicted molar refractivity (Wildman–Crippen MR) is 148 cm³/mol. The molecule has 0 atom stereocenters. The maximum absolute atomic E-state index is 4.98. The molecule has 5 rings (SSSR count). The van der Waals surface area contributed by atoms with Crippen LogP contribution in [-0.2, 0) is 6.54 Å². The third kappa shape index (κ3) is 5.28. The number of fused-ring (bicyclic) bond motifs is 1. The summed E-state index contributed by atoms with van der Waals surface area (Å²) in [7, 11) is 4.09. The molecule has 0 aliphatic carbocycles. The van der Waals surface area contributed by atoms with Crippen molar-refractivity contribution in [2.24, 2.45) is 0 Å². The number of hydrogen-bond donors (Lipinski definition) is 2. The second kappa shape index (κ2) is 10.5. The number of likely N-dealkylation sites (tertiary alicyclic amines) is 1. The predicted octanol–water partition coefficient (Wildman–Crippen LogP) is 5.29. The van der Waals surface area contributed by atoms with Gasteiger partial charge in [-0.3, -0.25) is 9.47 Å². The molecule has 188 valence electrons. The van der Waals surface area contributed by atoms with Crippen molar-refractivity contribution < 1.29 is 0 Å². The molecule has 0 unspecified atom stereocenters. The first kappa shape index (κ1) is 24.1. The fourth-order valence-electron chi connectivity index (χ4n) is 4.85. The Balaban J connectivity index is 1.33. The van der Waals surface area contributed by atoms with Crippen LogP contribution in [0, 0.1) is 0 Å². The van der Waals surface area contributed by atoms with Crippen LogP contribution in [0.4, 0.5) is 23.1 Å². The highest BCUT2D eigenvalue weighted by atomic mass is 15.3. The van der Waals surface area contributed by atoms with Crippen molar-refractivity contribution in [1.29, 1.82) is 0 Å². The van der Waals surface area contributed by atoms with E-state index in [9.17, 15) is 0 Å². The van der Waals surface area contributed by atoms with Gasteiger partial charge in [0.15, 0.2) is 17.0 Å². The van der Waals surface area contributed by atoms with Crippen LogP contribution in [0.25, 0.3) is 11.2 Å². The number of imidazole rings is 1. The summed E-state index contributed by atoms with van der Waals surface area (Å²) < 4.78 is 2.15. The van der Waals surface area contributed by atoms with E-state index in [2.05, 4.69) is 103 Å². The third-order valence-electron chi connectivity index (χ3n) is 6.79. The summed E-state index contributed by atoms with van der Waals surface area (Å²) in [5, 5.41) is 7.21. The summed E-state index contributed by atoms with van der Waals surface area (Å²) in [5.41, 5.74) is 5.15. The standard InChI is InChI=1S/C28H36N8/c1-20(2)36-27-25(33-28(36)32-23-11-8-12-24(17-23)34(3)4)26(29-19-30-27)31-22-13-15-35(16-14-22)18-21-9-6-5-7-10-21/h5-12,17,19-20,22H,13-16,18H2,1-4H3,(H,32,33)(H,29,30,31). The van der Waals surface area contributed by atoms with Gasteiger partial charge in [-0.25, -0.2) is 15.0 Å². The molecule has 0 radical (unpaired) electrons. The lowest BCUT2D eigenvalue weighted by Crippen LogP contribution is -2.38. The second-order valence-electron chi connectivity index (χ2n) is 10.0. The maximum atomic E-state index is 4.98. The molecule has 36 heavy (non-hydrogen) atoms. The Kier molecular flexibility index (Phi) is 7.04. The monoisotopic (exact) mass is 484 g/mol. The summed E-state index contributed by atoms with van der Waals surface area (Å²) >= 11 is 0. The Morgan fingerprint density at radius 3 is 2.50 bits per heavy atom. The van der Waals surface area contributed by atoms with Crippen LogP contribution in [0.5, 0.6) is 0 Å². The molecular formula is C28H36N8. The van der Waals surface area contributed by atoms with Gasteiger partial charge in [-0.15, -0.1) is 0 Å². The minimum absolute atomic E-state index is 0.193. The Hall–Kier alpha value is -3.65. The van der Waals surface area contributed by atoms with E-state index >= 15 is 0 Å². The van der Waals surface area contributed by atoms with Crippen LogP contribution in [0.1, 0.15) is 38.3 Å². The average Bonchev–Trinajstić information content (AvgIpc) is 3.25. The average molecular weight is 485 g/mol. The second-order valence-corrected chi connectivity index (χ2v) is 10.0. The van der Waals surface area contributed by atoms with Crippen LogP contribution in [-0.4, -0.2) is 57.6 Å². The summed E-state index contributed by atoms with van der Waals surface area (Å²) in [4.78, 5) is 18.8. The van der Waals surface area contributed by atoms with Crippen molar-refractivity contribution in [3.8, 4) is 0 Å². The zero-order chi connectivity index (χ0) is 25.1. The van der Waals surface area contributed by atoms with E-state index in [0.29, 0.717) is 6.04 Å². The summed E-state index contributed by atoms with van der Waals surface area (Å²) in [6.07, 6.45) is 3.80. The summed E-state index contributed by atoms with van der Waals surface area (Å²) in [6.45, 7) is 7.45. The van der Waals surface area contributed by atoms with E-state index in [4.69, 9.17) is 4.98 Å². The molecule has 2 aromatic heterocycles. The van der Waals surface area contributed by atoms with Crippen molar-refractivity contribution in [1.82, 2.24) is 24.4 Å². The number of piperidine rings is 1. The molecule has 2 aromatic carbocycles. The Labute approximate surface area is 213 Å². The topological polar surface area (TPSA) is 74.1 Å². The van der Waals surface area contributed by atoms with Crippen molar-refractivity contribution in [3.63, 3.8) is 0 Å². The maximum Gasteiger partial charge on any atom is 0.210 e. The zero-order valence-electron chi connectivity index (χ0n) is 21.6. The van der Waals surface area contributed by atoms with Crippen molar-refractivity contribution in [2.75, 3.05) is 42.7 Å². The first-order chi connectivity index (χ1) is 17.5. The largest absolute Gasteiger partial charge is 0.378 e. The molecule has 1 aliphatic rings. The fraction of sp³-hybridized carbons (Fsp3) is 0.393. The van der Waals surface area contributed by atoms with Gasteiger partial charge in [0.1, 0.15) is 6.33 Å². The van der Waals surface area contributed by atoms with Crippen LogP contribution >= 0.6 is 0 Å². The number of anilines is 4. The van der Waals surface area contributed by atoms with Crippen molar-refractivity contribution in [2.45, 2.75) is 45.3 Å². The van der Waals surface area contributed by atoms with Gasteiger partial charge >= 0.3 is 0 Å². The Bertz CT molecular complexity index is 1290. The lowest BCUT2D eigenvalue weighted by molar-refractivity contribution is 0.211. The molecule has 4 aromatic rings. The van der Waals surface area contributed by atoms with Gasteiger partial charge in [0, 0.05) is 57.2 Å². The van der Waals surface area contributed by atoms with E-state index in [-0.39, 0.29) is 6.04 Å². The van der Waals surface area contributed by atoms with Crippen LogP contribution < -0.4 is 15.5 Å². The van der Waals surface area contributed by atoms with Crippen molar-refractivity contribution >= 4 is 34.3 Å². The zero-order valence-corrected chi connectivity index (χ0v) is 21.6. The van der Waals surface area contributed by atoms with Crippen LogP contribution in [0.3, 0.4) is 0 Å². The molecule has 0 bridgehead atoms. The fourth-order valence-corrected chi connectivity index (χ4v) is 4.85. The molecule has 3 heterocycles. The highest BCUT2D eigenvalue weighted by Gasteiger charge is 2.23. The lowest BCUT2D eigenvalue weighted by atomic mass is 10.0. The first-order valence-corrected chi connectivity index (χ1v) is 12.8. The third-order valence-corrected chi connectivity index (χ3v) is 6.79. The minimum atomic E-state index is 0.193. The molecule has 8 heteroatoms. The van der Waals surface area contributed by atoms with Crippen molar-refractivity contribution in [3.05, 3.63) is 66.5 Å². The smallest absolute Gasteiger partial charge is 0.210 e. The molecule has 0 amide bonds. The van der Waals surface area contributed by atoms with Gasteiger partial charge in [0.05, 0.1) is 0 Å². The Morgan fingerprint density at radius 1 is 1.00 bits per heavy atom. The highest BCUT2D eigenvalue weighted by molar-refractivity contribution is 5.86. The van der Waals surface area contributed by atoms with Crippen LogP contribution in [0.15, 0.2) is 60.9 Å². The molecule has 8 nitrogen and oxygen atoms in total. The molecule has 1 fully saturated rings. The number of nitrogens with one attached hydrogen (secondary N) is 2. The SMILES string of the molecule is CC(C)n1c(Nc2cccc(N(C)C)c2)nc2c(NC3CCN(Cc4ccccc4)CC3)ncnc21. The van der Waals surface area contributed by atoms with E-state index in [1.54, 1.807) is 6.33 Å². The molecule has 0 saturated carbocycles. The normalized spacial score (nSPS) is 14.9. The summed E-state index contributed by atoms with van der Waals surface area (Å²) in [6, 6.07) is 19.6. The molecule has 1 aliphatic heterocycles. The lowest BCUT2D eigenvalue weighted by Gasteiger charge is -2.32. The number of rotatable bonds is 8. The number of benzene rings is 2. The number of aromatic nitrogens is 4. The molecule has 0 spiro atoms. The van der Waals surface area contributed by atoms with E-state index in [1.807, 2.05) is 14.1 Å². The first-order valence-electron chi connectivity index (χ1n) is 12.8. The van der Waals surface area contributed by atoms with E-state index < -0.39 is 0 Å². The van der Waals surface area contributed by atoms with Gasteiger partial charge in [-0.2, -0.15) is 0 Å². The van der Waals surface area contributed by atoms with Gasteiger partial charge in [0.25, 0.3) is 0 Å². The Morgan fingerprint density at radius 2 is 1.78 bits per heavy atom. The van der Waals surface area contributed by atoms with Gasteiger partial charge in [0.2, 0.25) is 5.95 Å². The van der Waals surface area contributed by atoms with Gasteiger partial charge < -0.3 is 15.5 Å². The molecule has 2 N–H and O–H groups in total. The van der Waals surface area contributed by atoms with Crippen LogP contribution in [0.2, 0.25) is 0 Å². The van der Waals surface area contributed by atoms with Gasteiger partial charge in [-0.05, 0) is 50.5 Å². The van der Waals surface area contributed by atoms with E-state index in [1.165, 1.54) is 5.56 Å². The summed E-state index contributed by atoms with van der Waals surface area (Å²) in [5.74, 6) is 1.59. The molecular weight excluding hydrogens is 448 g/mol. The number of hydrogen-bond acceptors (Lipinski definition) is 7. The van der Waals surface area contributed by atoms with E-state index in [0.717, 1.165) is 66.8 Å².